The van der Waals surface area contributed by atoms with Gasteiger partial charge in [0.2, 0.25) is 21.8 Å². The molecule has 1 aromatic carbocycles. The van der Waals surface area contributed by atoms with Crippen LogP contribution in [0.4, 0.5) is 5.13 Å². The fourth-order valence-electron chi connectivity index (χ4n) is 2.83. The van der Waals surface area contributed by atoms with E-state index in [2.05, 4.69) is 41.3 Å². The van der Waals surface area contributed by atoms with Crippen molar-refractivity contribution in [1.82, 2.24) is 19.5 Å². The Bertz CT molecular complexity index is 1190. The SMILES string of the molecule is CCN(CC)S(=O)(=O)c1ccc(-c2nnc(SCC(=O)Nc3nc(C(C)(C)C)cs3)o2)cc1. The number of hydrogen-bond donors (Lipinski definition) is 1. The first-order valence-electron chi connectivity index (χ1n) is 10.4. The maximum absolute atomic E-state index is 12.6. The van der Waals surface area contributed by atoms with Crippen molar-refractivity contribution in [2.24, 2.45) is 0 Å². The standard InChI is InChI=1S/C21H27N5O4S3/c1-6-26(7-2)33(28,29)15-10-8-14(9-11-15)18-24-25-20(30-18)32-13-17(27)23-19-22-16(12-31-19)21(3,4)5/h8-12H,6-7,13H2,1-5H3,(H,22,23,27). The number of sulfonamides is 1. The molecule has 0 fully saturated rings. The van der Waals surface area contributed by atoms with Gasteiger partial charge in [-0.3, -0.25) is 4.79 Å². The Morgan fingerprint density at radius 2 is 1.82 bits per heavy atom. The monoisotopic (exact) mass is 509 g/mol. The van der Waals surface area contributed by atoms with Crippen LogP contribution in [0.5, 0.6) is 0 Å². The van der Waals surface area contributed by atoms with E-state index in [-0.39, 0.29) is 33.1 Å². The number of carbonyl (C=O) groups is 1. The summed E-state index contributed by atoms with van der Waals surface area (Å²) in [7, 11) is -3.53. The van der Waals surface area contributed by atoms with Gasteiger partial charge in [0.25, 0.3) is 5.22 Å². The molecular formula is C21H27N5O4S3. The van der Waals surface area contributed by atoms with Crippen molar-refractivity contribution < 1.29 is 17.6 Å². The summed E-state index contributed by atoms with van der Waals surface area (Å²) in [4.78, 5) is 16.9. The summed E-state index contributed by atoms with van der Waals surface area (Å²) in [6, 6.07) is 6.29. The van der Waals surface area contributed by atoms with Gasteiger partial charge in [-0.05, 0) is 24.3 Å². The van der Waals surface area contributed by atoms with Crippen LogP contribution in [0.25, 0.3) is 11.5 Å². The first-order chi connectivity index (χ1) is 15.5. The van der Waals surface area contributed by atoms with Crippen LogP contribution < -0.4 is 5.32 Å². The highest BCUT2D eigenvalue weighted by Crippen LogP contribution is 2.28. The van der Waals surface area contributed by atoms with Crippen LogP contribution in [0.2, 0.25) is 0 Å². The molecule has 1 N–H and O–H groups in total. The molecule has 0 aliphatic carbocycles. The topological polar surface area (TPSA) is 118 Å². The van der Waals surface area contributed by atoms with Crippen LogP contribution in [-0.2, 0) is 20.2 Å². The number of aromatic nitrogens is 3. The molecule has 0 aliphatic rings. The average molecular weight is 510 g/mol. The van der Waals surface area contributed by atoms with Gasteiger partial charge < -0.3 is 9.73 Å². The number of carbonyl (C=O) groups excluding carboxylic acids is 1. The van der Waals surface area contributed by atoms with Gasteiger partial charge in [0.15, 0.2) is 5.13 Å². The minimum absolute atomic E-state index is 0.0812. The Morgan fingerprint density at radius 1 is 1.15 bits per heavy atom. The highest BCUT2D eigenvalue weighted by molar-refractivity contribution is 7.99. The predicted octanol–water partition coefficient (Wildman–Crippen LogP) is 4.25. The highest BCUT2D eigenvalue weighted by atomic mass is 32.2. The third-order valence-electron chi connectivity index (χ3n) is 4.70. The Morgan fingerprint density at radius 3 is 2.39 bits per heavy atom. The zero-order valence-electron chi connectivity index (χ0n) is 19.2. The summed E-state index contributed by atoms with van der Waals surface area (Å²) in [6.45, 7) is 10.6. The molecule has 0 spiro atoms. The van der Waals surface area contributed by atoms with E-state index in [0.29, 0.717) is 23.8 Å². The van der Waals surface area contributed by atoms with Crippen molar-refractivity contribution in [2.75, 3.05) is 24.2 Å². The first-order valence-corrected chi connectivity index (χ1v) is 13.7. The second kappa shape index (κ2) is 10.3. The quantitative estimate of drug-likeness (QED) is 0.425. The molecule has 2 heterocycles. The molecule has 0 aliphatic heterocycles. The van der Waals surface area contributed by atoms with Crippen molar-refractivity contribution in [3.63, 3.8) is 0 Å². The van der Waals surface area contributed by atoms with Crippen molar-refractivity contribution in [2.45, 2.75) is 50.2 Å². The molecule has 0 radical (unpaired) electrons. The highest BCUT2D eigenvalue weighted by Gasteiger charge is 2.22. The summed E-state index contributed by atoms with van der Waals surface area (Å²) in [5, 5.41) is 13.5. The molecule has 2 aromatic heterocycles. The second-order valence-electron chi connectivity index (χ2n) is 8.11. The molecule has 12 heteroatoms. The van der Waals surface area contributed by atoms with E-state index in [1.54, 1.807) is 26.0 Å². The number of benzene rings is 1. The lowest BCUT2D eigenvalue weighted by atomic mass is 9.93. The maximum Gasteiger partial charge on any atom is 0.277 e. The lowest BCUT2D eigenvalue weighted by Gasteiger charge is -2.18. The van der Waals surface area contributed by atoms with E-state index >= 15 is 0 Å². The summed E-state index contributed by atoms with van der Waals surface area (Å²) >= 11 is 2.50. The molecule has 0 unspecified atom stereocenters. The fourth-order valence-corrected chi connectivity index (χ4v) is 5.80. The summed E-state index contributed by atoms with van der Waals surface area (Å²) in [6.07, 6.45) is 0. The van der Waals surface area contributed by atoms with Gasteiger partial charge in [-0.2, -0.15) is 4.31 Å². The van der Waals surface area contributed by atoms with Gasteiger partial charge >= 0.3 is 0 Å². The number of amides is 1. The molecule has 3 aromatic rings. The van der Waals surface area contributed by atoms with Crippen molar-refractivity contribution in [3.8, 4) is 11.5 Å². The van der Waals surface area contributed by atoms with Crippen LogP contribution in [-0.4, -0.2) is 52.7 Å². The molecule has 0 bridgehead atoms. The summed E-state index contributed by atoms with van der Waals surface area (Å²) < 4.78 is 32.2. The van der Waals surface area contributed by atoms with E-state index in [9.17, 15) is 13.2 Å². The van der Waals surface area contributed by atoms with Crippen LogP contribution in [0.15, 0.2) is 44.2 Å². The van der Waals surface area contributed by atoms with Gasteiger partial charge in [-0.1, -0.05) is 46.4 Å². The number of hydrogen-bond acceptors (Lipinski definition) is 9. The summed E-state index contributed by atoms with van der Waals surface area (Å²) in [5.41, 5.74) is 1.44. The minimum Gasteiger partial charge on any atom is -0.411 e. The molecule has 3 rings (SSSR count). The van der Waals surface area contributed by atoms with Crippen LogP contribution in [0.1, 0.15) is 40.3 Å². The lowest BCUT2D eigenvalue weighted by Crippen LogP contribution is -2.30. The van der Waals surface area contributed by atoms with E-state index in [1.807, 2.05) is 5.38 Å². The van der Waals surface area contributed by atoms with E-state index in [4.69, 9.17) is 4.42 Å². The third-order valence-corrected chi connectivity index (χ3v) is 8.34. The van der Waals surface area contributed by atoms with E-state index in [0.717, 1.165) is 17.5 Å². The van der Waals surface area contributed by atoms with Gasteiger partial charge in [0.05, 0.1) is 16.3 Å². The average Bonchev–Trinajstić information content (AvgIpc) is 3.43. The van der Waals surface area contributed by atoms with E-state index < -0.39 is 10.0 Å². The lowest BCUT2D eigenvalue weighted by molar-refractivity contribution is -0.113. The number of thioether (sulfide) groups is 1. The minimum atomic E-state index is -3.53. The molecule has 1 amide bonds. The molecule has 178 valence electrons. The molecule has 9 nitrogen and oxygen atoms in total. The largest absolute Gasteiger partial charge is 0.411 e. The fraction of sp³-hybridized carbons (Fsp3) is 0.429. The molecule has 0 saturated carbocycles. The Kier molecular flexibility index (Phi) is 7.93. The first kappa shape index (κ1) is 25.3. The number of anilines is 1. The van der Waals surface area contributed by atoms with Crippen molar-refractivity contribution in [3.05, 3.63) is 35.3 Å². The van der Waals surface area contributed by atoms with Crippen LogP contribution in [0.3, 0.4) is 0 Å². The third kappa shape index (κ3) is 6.19. The van der Waals surface area contributed by atoms with Gasteiger partial charge in [0.1, 0.15) is 0 Å². The van der Waals surface area contributed by atoms with E-state index in [1.165, 1.54) is 27.8 Å². The maximum atomic E-state index is 12.6. The normalized spacial score (nSPS) is 12.3. The Balaban J connectivity index is 1.60. The second-order valence-corrected chi connectivity index (χ2v) is 11.8. The number of rotatable bonds is 9. The van der Waals surface area contributed by atoms with Crippen LogP contribution >= 0.6 is 23.1 Å². The zero-order chi connectivity index (χ0) is 24.2. The van der Waals surface area contributed by atoms with Crippen molar-refractivity contribution in [1.29, 1.82) is 0 Å². The number of nitrogens with zero attached hydrogens (tertiary/aromatic N) is 4. The smallest absolute Gasteiger partial charge is 0.277 e. The molecule has 0 saturated heterocycles. The van der Waals surface area contributed by atoms with Crippen molar-refractivity contribution >= 4 is 44.2 Å². The number of thiazole rings is 1. The predicted molar refractivity (Wildman–Crippen MR) is 130 cm³/mol. The van der Waals surface area contributed by atoms with Crippen LogP contribution in [0, 0.1) is 0 Å². The van der Waals surface area contributed by atoms with Gasteiger partial charge in [-0.15, -0.1) is 21.5 Å². The number of nitrogens with one attached hydrogen (secondary N) is 1. The Labute approximate surface area is 202 Å². The molecular weight excluding hydrogens is 482 g/mol. The molecule has 0 atom stereocenters. The zero-order valence-corrected chi connectivity index (χ0v) is 21.6. The summed E-state index contributed by atoms with van der Waals surface area (Å²) in [5.74, 6) is 0.118. The van der Waals surface area contributed by atoms with Gasteiger partial charge in [-0.25, -0.2) is 13.4 Å². The molecule has 33 heavy (non-hydrogen) atoms. The van der Waals surface area contributed by atoms with Gasteiger partial charge in [0, 0.05) is 29.4 Å². The Hall–Kier alpha value is -2.28.